The largest absolute Gasteiger partial charge is 0.365 e. The molecule has 2 aromatic heterocycles. The van der Waals surface area contributed by atoms with Gasteiger partial charge in [-0.25, -0.2) is 0 Å². The zero-order valence-electron chi connectivity index (χ0n) is 13.2. The van der Waals surface area contributed by atoms with Crippen LogP contribution < -0.4 is 0 Å². The van der Waals surface area contributed by atoms with Crippen LogP contribution >= 0.6 is 0 Å². The fourth-order valence-corrected chi connectivity index (χ4v) is 3.38. The minimum Gasteiger partial charge on any atom is -0.365 e. The van der Waals surface area contributed by atoms with Gasteiger partial charge in [-0.05, 0) is 56.9 Å². The smallest absolute Gasteiger partial charge is 0.259 e. The first-order valence-corrected chi connectivity index (χ1v) is 8.14. The third-order valence-corrected chi connectivity index (χ3v) is 4.51. The van der Waals surface area contributed by atoms with Crippen LogP contribution in [0.5, 0.6) is 0 Å². The summed E-state index contributed by atoms with van der Waals surface area (Å²) in [6, 6.07) is 9.96. The average molecular weight is 309 g/mol. The Morgan fingerprint density at radius 1 is 1.22 bits per heavy atom. The lowest BCUT2D eigenvalue weighted by Gasteiger charge is -2.24. The van der Waals surface area contributed by atoms with E-state index in [1.165, 1.54) is 0 Å². The Labute approximate surface area is 134 Å². The highest BCUT2D eigenvalue weighted by Gasteiger charge is 2.41. The lowest BCUT2D eigenvalue weighted by Crippen LogP contribution is -2.26. The normalized spacial score (nSPS) is 16.9. The van der Waals surface area contributed by atoms with Crippen LogP contribution in [0, 0.1) is 0 Å². The number of rotatable bonds is 4. The van der Waals surface area contributed by atoms with Gasteiger partial charge in [0.15, 0.2) is 0 Å². The van der Waals surface area contributed by atoms with Gasteiger partial charge in [-0.3, -0.25) is 4.98 Å². The maximum atomic E-state index is 5.99. The number of hydrogen-bond donors (Lipinski definition) is 0. The van der Waals surface area contributed by atoms with Crippen molar-refractivity contribution in [1.82, 2.24) is 15.1 Å². The maximum absolute atomic E-state index is 5.99. The van der Waals surface area contributed by atoms with E-state index in [0.717, 1.165) is 42.1 Å². The molecule has 0 atom stereocenters. The van der Waals surface area contributed by atoms with Crippen molar-refractivity contribution in [2.24, 2.45) is 0 Å². The van der Waals surface area contributed by atoms with Gasteiger partial charge >= 0.3 is 0 Å². The average Bonchev–Trinajstić information content (AvgIpc) is 3.25. The van der Waals surface area contributed by atoms with Crippen molar-refractivity contribution in [3.63, 3.8) is 0 Å². The Morgan fingerprint density at radius 2 is 2.09 bits per heavy atom. The molecule has 1 saturated carbocycles. The van der Waals surface area contributed by atoms with Crippen LogP contribution in [0.3, 0.4) is 0 Å². The van der Waals surface area contributed by atoms with Crippen molar-refractivity contribution >= 4 is 10.9 Å². The van der Waals surface area contributed by atoms with Crippen LogP contribution in [0.2, 0.25) is 0 Å². The zero-order valence-corrected chi connectivity index (χ0v) is 13.2. The topological polar surface area (TPSA) is 61.0 Å². The molecule has 1 aliphatic rings. The molecule has 3 aromatic rings. The van der Waals surface area contributed by atoms with E-state index in [9.17, 15) is 0 Å². The van der Waals surface area contributed by atoms with E-state index in [1.54, 1.807) is 6.20 Å². The van der Waals surface area contributed by atoms with Crippen LogP contribution in [0.15, 0.2) is 41.1 Å². The van der Waals surface area contributed by atoms with Gasteiger partial charge < -0.3 is 9.26 Å². The lowest BCUT2D eigenvalue weighted by molar-refractivity contribution is -0.0610. The number of pyridine rings is 1. The Bertz CT molecular complexity index is 822. The van der Waals surface area contributed by atoms with Crippen molar-refractivity contribution in [2.45, 2.75) is 38.2 Å². The molecule has 118 valence electrons. The van der Waals surface area contributed by atoms with E-state index < -0.39 is 5.60 Å². The predicted molar refractivity (Wildman–Crippen MR) is 86.8 cm³/mol. The molecule has 1 fully saturated rings. The molecule has 5 nitrogen and oxygen atoms in total. The first-order valence-electron chi connectivity index (χ1n) is 8.14. The molecular formula is C18H19N3O2. The molecule has 4 rings (SSSR count). The second kappa shape index (κ2) is 5.74. The van der Waals surface area contributed by atoms with E-state index in [0.29, 0.717) is 18.3 Å². The fourth-order valence-electron chi connectivity index (χ4n) is 3.38. The molecule has 0 N–H and O–H groups in total. The quantitative estimate of drug-likeness (QED) is 0.726. The molecule has 23 heavy (non-hydrogen) atoms. The lowest BCUT2D eigenvalue weighted by atomic mass is 10.0. The van der Waals surface area contributed by atoms with E-state index in [2.05, 4.69) is 15.1 Å². The second-order valence-electron chi connectivity index (χ2n) is 5.97. The highest BCUT2D eigenvalue weighted by molar-refractivity contribution is 5.82. The monoisotopic (exact) mass is 309 g/mol. The van der Waals surface area contributed by atoms with E-state index in [1.807, 2.05) is 37.3 Å². The summed E-state index contributed by atoms with van der Waals surface area (Å²) >= 11 is 0. The van der Waals surface area contributed by atoms with Crippen molar-refractivity contribution in [3.8, 4) is 11.4 Å². The molecule has 0 radical (unpaired) electrons. The van der Waals surface area contributed by atoms with Gasteiger partial charge in [0.25, 0.3) is 5.89 Å². The summed E-state index contributed by atoms with van der Waals surface area (Å²) < 4.78 is 11.6. The van der Waals surface area contributed by atoms with Crippen LogP contribution in [0.4, 0.5) is 0 Å². The molecule has 1 aromatic carbocycles. The third-order valence-electron chi connectivity index (χ3n) is 4.51. The van der Waals surface area contributed by atoms with Gasteiger partial charge in [-0.15, -0.1) is 0 Å². The number of nitrogens with zero attached hydrogens (tertiary/aromatic N) is 3. The van der Waals surface area contributed by atoms with Gasteiger partial charge in [0.1, 0.15) is 5.60 Å². The van der Waals surface area contributed by atoms with E-state index in [4.69, 9.17) is 9.26 Å². The third kappa shape index (κ3) is 2.51. The van der Waals surface area contributed by atoms with E-state index in [-0.39, 0.29) is 0 Å². The highest BCUT2D eigenvalue weighted by atomic mass is 16.5. The Morgan fingerprint density at radius 3 is 2.91 bits per heavy atom. The molecule has 1 aliphatic carbocycles. The zero-order chi connectivity index (χ0) is 15.7. The van der Waals surface area contributed by atoms with Gasteiger partial charge in [0.05, 0.1) is 5.52 Å². The first kappa shape index (κ1) is 14.3. The summed E-state index contributed by atoms with van der Waals surface area (Å²) in [6.07, 6.45) is 5.97. The van der Waals surface area contributed by atoms with Crippen LogP contribution in [-0.4, -0.2) is 21.7 Å². The standard InChI is InChI=1S/C18H19N3O2/c1-2-22-18(9-3-4-10-18)17-20-16(21-23-17)14-7-8-15-13(12-14)6-5-11-19-15/h5-8,11-12H,2-4,9-10H2,1H3. The summed E-state index contributed by atoms with van der Waals surface area (Å²) in [7, 11) is 0. The van der Waals surface area contributed by atoms with Gasteiger partial charge in [0, 0.05) is 23.8 Å². The van der Waals surface area contributed by atoms with Crippen LogP contribution in [-0.2, 0) is 10.3 Å². The van der Waals surface area contributed by atoms with Crippen LogP contribution in [0.1, 0.15) is 38.5 Å². The molecule has 0 amide bonds. The minimum absolute atomic E-state index is 0.390. The van der Waals surface area contributed by atoms with E-state index >= 15 is 0 Å². The maximum Gasteiger partial charge on any atom is 0.259 e. The second-order valence-corrected chi connectivity index (χ2v) is 5.97. The number of ether oxygens (including phenoxy) is 1. The Balaban J connectivity index is 1.71. The van der Waals surface area contributed by atoms with Crippen molar-refractivity contribution in [2.75, 3.05) is 6.61 Å². The van der Waals surface area contributed by atoms with Gasteiger partial charge in [0.2, 0.25) is 5.82 Å². The SMILES string of the molecule is CCOC1(c2nc(-c3ccc4ncccc4c3)no2)CCCC1. The van der Waals surface area contributed by atoms with Gasteiger partial charge in [-0.2, -0.15) is 4.98 Å². The molecule has 0 spiro atoms. The first-order chi connectivity index (χ1) is 11.3. The highest BCUT2D eigenvalue weighted by Crippen LogP contribution is 2.41. The van der Waals surface area contributed by atoms with Crippen molar-refractivity contribution in [3.05, 3.63) is 42.4 Å². The molecular weight excluding hydrogens is 290 g/mol. The molecule has 0 aliphatic heterocycles. The van der Waals surface area contributed by atoms with Gasteiger partial charge in [-0.1, -0.05) is 11.2 Å². The number of aromatic nitrogens is 3. The Kier molecular flexibility index (Phi) is 3.58. The Hall–Kier alpha value is -2.27. The molecule has 0 saturated heterocycles. The summed E-state index contributed by atoms with van der Waals surface area (Å²) in [5.74, 6) is 1.22. The summed E-state index contributed by atoms with van der Waals surface area (Å²) in [5.41, 5.74) is 1.50. The van der Waals surface area contributed by atoms with Crippen molar-refractivity contribution in [1.29, 1.82) is 0 Å². The summed E-state index contributed by atoms with van der Waals surface area (Å²) in [5, 5.41) is 5.25. The minimum atomic E-state index is -0.390. The molecule has 2 heterocycles. The fraction of sp³-hybridized carbons (Fsp3) is 0.389. The predicted octanol–water partition coefficient (Wildman–Crippen LogP) is 4.09. The summed E-state index contributed by atoms with van der Waals surface area (Å²) in [6.45, 7) is 2.66. The number of hydrogen-bond acceptors (Lipinski definition) is 5. The van der Waals surface area contributed by atoms with Crippen molar-refractivity contribution < 1.29 is 9.26 Å². The molecule has 0 bridgehead atoms. The van der Waals surface area contributed by atoms with Crippen LogP contribution in [0.25, 0.3) is 22.3 Å². The molecule has 0 unspecified atom stereocenters. The molecule has 5 heteroatoms. The number of benzene rings is 1. The number of fused-ring (bicyclic) bond motifs is 1. The summed E-state index contributed by atoms with van der Waals surface area (Å²) in [4.78, 5) is 8.97.